The maximum absolute atomic E-state index is 12.1. The molecule has 2 N–H and O–H groups in total. The van der Waals surface area contributed by atoms with Crippen LogP contribution >= 0.6 is 11.8 Å². The molecule has 1 rings (SSSR count). The predicted octanol–water partition coefficient (Wildman–Crippen LogP) is 2.69. The summed E-state index contributed by atoms with van der Waals surface area (Å²) in [6.07, 6.45) is 10.8. The second-order valence-corrected chi connectivity index (χ2v) is 6.50. The van der Waals surface area contributed by atoms with E-state index in [4.69, 9.17) is 4.74 Å². The van der Waals surface area contributed by atoms with E-state index in [9.17, 15) is 9.59 Å². The standard InChI is InChI=1S/C15H28N2O3S/c1-20-14(18)13(10-11-21-2)17-15(19)16-12-8-6-4-3-5-7-9-12/h12-13H,3-11H2,1-2H3,(H2,16,17,19). The molecule has 1 saturated carbocycles. The van der Waals surface area contributed by atoms with Gasteiger partial charge in [-0.25, -0.2) is 9.59 Å². The molecule has 5 nitrogen and oxygen atoms in total. The molecule has 1 aliphatic rings. The molecule has 21 heavy (non-hydrogen) atoms. The summed E-state index contributed by atoms with van der Waals surface area (Å²) in [5.74, 6) is 0.431. The third-order valence-electron chi connectivity index (χ3n) is 3.84. The van der Waals surface area contributed by atoms with Crippen molar-refractivity contribution in [2.75, 3.05) is 19.1 Å². The Bertz CT molecular complexity index is 318. The molecule has 0 saturated heterocycles. The van der Waals surface area contributed by atoms with Crippen molar-refractivity contribution in [1.29, 1.82) is 0 Å². The largest absolute Gasteiger partial charge is 0.467 e. The van der Waals surface area contributed by atoms with Gasteiger partial charge in [0, 0.05) is 6.04 Å². The van der Waals surface area contributed by atoms with Crippen LogP contribution in [0.25, 0.3) is 0 Å². The number of hydrogen-bond donors (Lipinski definition) is 2. The second kappa shape index (κ2) is 10.8. The zero-order valence-electron chi connectivity index (χ0n) is 13.2. The number of ether oxygens (including phenoxy) is 1. The van der Waals surface area contributed by atoms with E-state index in [0.717, 1.165) is 31.4 Å². The quantitative estimate of drug-likeness (QED) is 0.739. The first-order valence-corrected chi connectivity index (χ1v) is 9.20. The Morgan fingerprint density at radius 1 is 1.19 bits per heavy atom. The molecule has 0 radical (unpaired) electrons. The minimum absolute atomic E-state index is 0.226. The molecule has 0 aliphatic heterocycles. The van der Waals surface area contributed by atoms with E-state index in [1.54, 1.807) is 11.8 Å². The first-order valence-electron chi connectivity index (χ1n) is 7.81. The lowest BCUT2D eigenvalue weighted by Gasteiger charge is -2.23. The third-order valence-corrected chi connectivity index (χ3v) is 4.49. The molecule has 0 heterocycles. The topological polar surface area (TPSA) is 67.4 Å². The normalized spacial score (nSPS) is 18.2. The zero-order valence-corrected chi connectivity index (χ0v) is 14.0. The van der Waals surface area contributed by atoms with Gasteiger partial charge in [-0.15, -0.1) is 0 Å². The van der Waals surface area contributed by atoms with Gasteiger partial charge in [0.1, 0.15) is 6.04 Å². The molecule has 1 atom stereocenters. The number of amides is 2. The minimum Gasteiger partial charge on any atom is -0.467 e. The van der Waals surface area contributed by atoms with Crippen LogP contribution in [-0.2, 0) is 9.53 Å². The number of thioether (sulfide) groups is 1. The van der Waals surface area contributed by atoms with E-state index in [1.165, 1.54) is 26.4 Å². The molecule has 2 amide bonds. The average molecular weight is 316 g/mol. The van der Waals surface area contributed by atoms with Crippen molar-refractivity contribution in [3.8, 4) is 0 Å². The molecule has 0 bridgehead atoms. The van der Waals surface area contributed by atoms with Crippen LogP contribution in [0.2, 0.25) is 0 Å². The highest BCUT2D eigenvalue weighted by atomic mass is 32.2. The lowest BCUT2D eigenvalue weighted by atomic mass is 9.97. The van der Waals surface area contributed by atoms with Gasteiger partial charge in [-0.2, -0.15) is 11.8 Å². The molecule has 6 heteroatoms. The van der Waals surface area contributed by atoms with Crippen LogP contribution in [0.15, 0.2) is 0 Å². The summed E-state index contributed by atoms with van der Waals surface area (Å²) in [6.45, 7) is 0. The number of carbonyl (C=O) groups excluding carboxylic acids is 2. The number of hydrogen-bond acceptors (Lipinski definition) is 4. The first-order chi connectivity index (χ1) is 10.2. The molecule has 0 aromatic rings. The molecule has 0 aromatic heterocycles. The summed E-state index contributed by atoms with van der Waals surface area (Å²) in [7, 11) is 1.35. The van der Waals surface area contributed by atoms with Crippen molar-refractivity contribution in [2.45, 2.75) is 63.5 Å². The van der Waals surface area contributed by atoms with Crippen LogP contribution in [-0.4, -0.2) is 43.2 Å². The van der Waals surface area contributed by atoms with Gasteiger partial charge in [-0.05, 0) is 31.3 Å². The third kappa shape index (κ3) is 7.60. The maximum Gasteiger partial charge on any atom is 0.328 e. The van der Waals surface area contributed by atoms with Crippen LogP contribution in [0, 0.1) is 0 Å². The molecule has 1 unspecified atom stereocenters. The van der Waals surface area contributed by atoms with Crippen molar-refractivity contribution in [3.05, 3.63) is 0 Å². The first kappa shape index (κ1) is 18.1. The number of urea groups is 1. The summed E-state index contributed by atoms with van der Waals surface area (Å²) < 4.78 is 4.75. The lowest BCUT2D eigenvalue weighted by Crippen LogP contribution is -2.49. The number of esters is 1. The van der Waals surface area contributed by atoms with E-state index < -0.39 is 6.04 Å². The predicted molar refractivity (Wildman–Crippen MR) is 86.6 cm³/mol. The molecule has 0 aromatic carbocycles. The fraction of sp³-hybridized carbons (Fsp3) is 0.867. The molecule has 0 spiro atoms. The summed E-state index contributed by atoms with van der Waals surface area (Å²) in [5.41, 5.74) is 0. The molecule has 1 fully saturated rings. The summed E-state index contributed by atoms with van der Waals surface area (Å²) in [4.78, 5) is 23.7. The van der Waals surface area contributed by atoms with Crippen molar-refractivity contribution in [1.82, 2.24) is 10.6 Å². The van der Waals surface area contributed by atoms with Crippen LogP contribution in [0.5, 0.6) is 0 Å². The van der Waals surface area contributed by atoms with Crippen LogP contribution < -0.4 is 10.6 Å². The Hall–Kier alpha value is -0.910. The van der Waals surface area contributed by atoms with E-state index in [1.807, 2.05) is 6.26 Å². The summed E-state index contributed by atoms with van der Waals surface area (Å²) >= 11 is 1.65. The number of rotatable bonds is 6. The minimum atomic E-state index is -0.559. The van der Waals surface area contributed by atoms with Crippen molar-refractivity contribution in [2.24, 2.45) is 0 Å². The summed E-state index contributed by atoms with van der Waals surface area (Å²) in [6, 6.07) is -0.586. The van der Waals surface area contributed by atoms with Crippen LogP contribution in [0.1, 0.15) is 51.4 Å². The van der Waals surface area contributed by atoms with Crippen molar-refractivity contribution < 1.29 is 14.3 Å². The highest BCUT2D eigenvalue weighted by Gasteiger charge is 2.22. The van der Waals surface area contributed by atoms with Gasteiger partial charge in [0.15, 0.2) is 0 Å². The number of methoxy groups -OCH3 is 1. The Morgan fingerprint density at radius 2 is 1.81 bits per heavy atom. The number of nitrogens with one attached hydrogen (secondary N) is 2. The van der Waals surface area contributed by atoms with Gasteiger partial charge >= 0.3 is 12.0 Å². The van der Waals surface area contributed by atoms with E-state index in [2.05, 4.69) is 10.6 Å². The molecular weight excluding hydrogens is 288 g/mol. The summed E-state index contributed by atoms with van der Waals surface area (Å²) in [5, 5.41) is 5.76. The Balaban J connectivity index is 2.41. The van der Waals surface area contributed by atoms with E-state index in [-0.39, 0.29) is 18.0 Å². The SMILES string of the molecule is COC(=O)C(CCSC)NC(=O)NC1CCCCCCC1. The smallest absolute Gasteiger partial charge is 0.328 e. The second-order valence-electron chi connectivity index (χ2n) is 5.52. The highest BCUT2D eigenvalue weighted by molar-refractivity contribution is 7.98. The van der Waals surface area contributed by atoms with Gasteiger partial charge in [0.25, 0.3) is 0 Å². The molecule has 122 valence electrons. The van der Waals surface area contributed by atoms with Gasteiger partial charge in [0.2, 0.25) is 0 Å². The fourth-order valence-electron chi connectivity index (χ4n) is 2.61. The van der Waals surface area contributed by atoms with Crippen LogP contribution in [0.4, 0.5) is 4.79 Å². The molecule has 1 aliphatic carbocycles. The molecular formula is C15H28N2O3S. The maximum atomic E-state index is 12.1. The lowest BCUT2D eigenvalue weighted by molar-refractivity contribution is -0.142. The van der Waals surface area contributed by atoms with Crippen molar-refractivity contribution >= 4 is 23.8 Å². The zero-order chi connectivity index (χ0) is 15.5. The number of carbonyl (C=O) groups is 2. The van der Waals surface area contributed by atoms with Gasteiger partial charge in [-0.3, -0.25) is 0 Å². The van der Waals surface area contributed by atoms with E-state index >= 15 is 0 Å². The highest BCUT2D eigenvalue weighted by Crippen LogP contribution is 2.17. The Labute approximate surface area is 132 Å². The average Bonchev–Trinajstić information content (AvgIpc) is 2.45. The fourth-order valence-corrected chi connectivity index (χ4v) is 3.08. The monoisotopic (exact) mass is 316 g/mol. The van der Waals surface area contributed by atoms with E-state index in [0.29, 0.717) is 6.42 Å². The van der Waals surface area contributed by atoms with Crippen molar-refractivity contribution in [3.63, 3.8) is 0 Å². The Kier molecular flexibility index (Phi) is 9.30. The van der Waals surface area contributed by atoms with Gasteiger partial charge in [0.05, 0.1) is 7.11 Å². The van der Waals surface area contributed by atoms with Gasteiger partial charge < -0.3 is 15.4 Å². The Morgan fingerprint density at radius 3 is 2.38 bits per heavy atom. The van der Waals surface area contributed by atoms with Gasteiger partial charge in [-0.1, -0.05) is 32.1 Å². The van der Waals surface area contributed by atoms with Crippen LogP contribution in [0.3, 0.4) is 0 Å².